The fourth-order valence-electron chi connectivity index (χ4n) is 0.703. The lowest BCUT2D eigenvalue weighted by Gasteiger charge is -1.85. The van der Waals surface area contributed by atoms with Crippen LogP contribution >= 0.6 is 0 Å². The van der Waals surface area contributed by atoms with Gasteiger partial charge in [-0.3, -0.25) is 4.79 Å². The topological polar surface area (TPSA) is 51.4 Å². The van der Waals surface area contributed by atoms with Gasteiger partial charge < -0.3 is 5.11 Å². The molecule has 3 nitrogen and oxygen atoms in total. The Hall–Kier alpha value is -1.38. The summed E-state index contributed by atoms with van der Waals surface area (Å²) in [5.74, 6) is -0.817. The first-order valence-electron chi connectivity index (χ1n) is 2.96. The lowest BCUT2D eigenvalue weighted by atomic mass is 10.3. The number of aromatic nitrogens is 1. The van der Waals surface area contributed by atoms with E-state index in [4.69, 9.17) is 5.11 Å². The second kappa shape index (κ2) is 2.96. The van der Waals surface area contributed by atoms with Crippen LogP contribution in [-0.2, 0) is 11.2 Å². The fraction of sp³-hybridized carbons (Fsp3) is 0.143. The Labute approximate surface area is 58.3 Å². The zero-order chi connectivity index (χ0) is 7.40. The van der Waals surface area contributed by atoms with E-state index in [1.54, 1.807) is 18.3 Å². The maximum atomic E-state index is 10.1. The molecule has 2 N–H and O–H groups in total. The highest BCUT2D eigenvalue weighted by Crippen LogP contribution is 1.88. The predicted octanol–water partition coefficient (Wildman–Crippen LogP) is 0.128. The number of pyridine rings is 1. The Morgan fingerprint density at radius 3 is 2.90 bits per heavy atom. The van der Waals surface area contributed by atoms with Crippen LogP contribution in [0.2, 0.25) is 0 Å². The predicted molar refractivity (Wildman–Crippen MR) is 34.3 cm³/mol. The van der Waals surface area contributed by atoms with Crippen LogP contribution in [-0.4, -0.2) is 11.1 Å². The fourth-order valence-corrected chi connectivity index (χ4v) is 0.703. The van der Waals surface area contributed by atoms with Crippen LogP contribution in [0.3, 0.4) is 0 Å². The maximum Gasteiger partial charge on any atom is 0.314 e. The van der Waals surface area contributed by atoms with Crippen LogP contribution in [0.25, 0.3) is 0 Å². The Morgan fingerprint density at radius 1 is 1.60 bits per heavy atom. The number of carboxylic acids is 1. The molecule has 10 heavy (non-hydrogen) atoms. The van der Waals surface area contributed by atoms with Gasteiger partial charge in [0.25, 0.3) is 0 Å². The minimum atomic E-state index is -0.817. The molecule has 0 aliphatic rings. The number of aliphatic carboxylic acids is 1. The van der Waals surface area contributed by atoms with E-state index in [9.17, 15) is 4.79 Å². The SMILES string of the molecule is O=C(O)Cc1cccc[nH+]1. The smallest absolute Gasteiger partial charge is 0.314 e. The molecular weight excluding hydrogens is 130 g/mol. The van der Waals surface area contributed by atoms with Crippen molar-refractivity contribution in [2.45, 2.75) is 6.42 Å². The summed E-state index contributed by atoms with van der Waals surface area (Å²) in [5.41, 5.74) is 0.718. The van der Waals surface area contributed by atoms with E-state index in [-0.39, 0.29) is 6.42 Å². The number of rotatable bonds is 2. The van der Waals surface area contributed by atoms with Gasteiger partial charge in [0.15, 0.2) is 11.9 Å². The summed E-state index contributed by atoms with van der Waals surface area (Å²) in [6.07, 6.45) is 1.76. The van der Waals surface area contributed by atoms with Crippen molar-refractivity contribution in [2.75, 3.05) is 0 Å². The van der Waals surface area contributed by atoms with Crippen LogP contribution < -0.4 is 4.98 Å². The summed E-state index contributed by atoms with van der Waals surface area (Å²) >= 11 is 0. The molecule has 0 fully saturated rings. The number of hydrogen-bond donors (Lipinski definition) is 1. The maximum absolute atomic E-state index is 10.1. The molecule has 0 bridgehead atoms. The molecule has 0 aliphatic heterocycles. The summed E-state index contributed by atoms with van der Waals surface area (Å²) in [6.45, 7) is 0. The number of aromatic amines is 1. The molecule has 52 valence electrons. The van der Waals surface area contributed by atoms with E-state index in [0.717, 1.165) is 5.69 Å². The molecule has 1 aromatic heterocycles. The minimum Gasteiger partial charge on any atom is -0.481 e. The monoisotopic (exact) mass is 138 g/mol. The van der Waals surface area contributed by atoms with Gasteiger partial charge in [0, 0.05) is 12.1 Å². The van der Waals surface area contributed by atoms with Gasteiger partial charge in [0.1, 0.15) is 6.42 Å². The van der Waals surface area contributed by atoms with E-state index in [2.05, 4.69) is 4.98 Å². The summed E-state index contributed by atoms with van der Waals surface area (Å²) in [6, 6.07) is 5.36. The number of H-pyrrole nitrogens is 1. The van der Waals surface area contributed by atoms with E-state index in [1.807, 2.05) is 6.07 Å². The van der Waals surface area contributed by atoms with E-state index in [0.29, 0.717) is 0 Å². The molecule has 1 heterocycles. The number of carbonyl (C=O) groups is 1. The molecule has 0 spiro atoms. The van der Waals surface area contributed by atoms with Gasteiger partial charge in [-0.25, -0.2) is 4.98 Å². The van der Waals surface area contributed by atoms with E-state index < -0.39 is 5.97 Å². The zero-order valence-corrected chi connectivity index (χ0v) is 5.37. The quantitative estimate of drug-likeness (QED) is 0.631. The first kappa shape index (κ1) is 6.74. The van der Waals surface area contributed by atoms with Crippen molar-refractivity contribution < 1.29 is 14.9 Å². The van der Waals surface area contributed by atoms with Gasteiger partial charge >= 0.3 is 5.97 Å². The number of hydrogen-bond acceptors (Lipinski definition) is 1. The highest BCUT2D eigenvalue weighted by atomic mass is 16.4. The highest BCUT2D eigenvalue weighted by molar-refractivity contribution is 5.69. The van der Waals surface area contributed by atoms with Crippen molar-refractivity contribution in [3.63, 3.8) is 0 Å². The Morgan fingerprint density at radius 2 is 2.40 bits per heavy atom. The molecule has 0 unspecified atom stereocenters. The standard InChI is InChI=1S/C7H7NO2/c9-7(10)5-6-3-1-2-4-8-6/h1-4H,5H2,(H,9,10)/p+1. The van der Waals surface area contributed by atoms with Crippen molar-refractivity contribution in [2.24, 2.45) is 0 Å². The Bertz CT molecular complexity index is 220. The van der Waals surface area contributed by atoms with Crippen LogP contribution in [0.4, 0.5) is 0 Å². The molecule has 1 rings (SSSR count). The molecule has 0 radical (unpaired) electrons. The summed E-state index contributed by atoms with van der Waals surface area (Å²) in [7, 11) is 0. The van der Waals surface area contributed by atoms with Crippen molar-refractivity contribution in [3.8, 4) is 0 Å². The largest absolute Gasteiger partial charge is 0.481 e. The molecule has 0 aliphatic carbocycles. The van der Waals surface area contributed by atoms with Gasteiger partial charge in [-0.05, 0) is 0 Å². The van der Waals surface area contributed by atoms with Gasteiger partial charge in [0.2, 0.25) is 0 Å². The number of nitrogens with one attached hydrogen (secondary N) is 1. The van der Waals surface area contributed by atoms with Crippen LogP contribution in [0.5, 0.6) is 0 Å². The van der Waals surface area contributed by atoms with Gasteiger partial charge in [-0.1, -0.05) is 6.07 Å². The molecule has 0 aromatic carbocycles. The lowest BCUT2D eigenvalue weighted by molar-refractivity contribution is -0.389. The van der Waals surface area contributed by atoms with E-state index in [1.165, 1.54) is 0 Å². The molecule has 1 aromatic rings. The minimum absolute atomic E-state index is 0.0564. The van der Waals surface area contributed by atoms with Gasteiger partial charge in [-0.2, -0.15) is 0 Å². The van der Waals surface area contributed by atoms with Crippen molar-refractivity contribution in [1.29, 1.82) is 0 Å². The molecule has 0 atom stereocenters. The number of carboxylic acid groups (broad SMARTS) is 1. The average Bonchev–Trinajstić information content (AvgIpc) is 1.88. The first-order chi connectivity index (χ1) is 4.79. The molecule has 0 saturated carbocycles. The van der Waals surface area contributed by atoms with Crippen molar-refractivity contribution in [3.05, 3.63) is 30.1 Å². The van der Waals surface area contributed by atoms with Crippen molar-refractivity contribution in [1.82, 2.24) is 0 Å². The zero-order valence-electron chi connectivity index (χ0n) is 5.37. The third kappa shape index (κ3) is 1.85. The molecule has 0 amide bonds. The molecular formula is C7H8NO2+. The highest BCUT2D eigenvalue weighted by Gasteiger charge is 2.03. The van der Waals surface area contributed by atoms with E-state index >= 15 is 0 Å². The Kier molecular flexibility index (Phi) is 1.99. The normalized spacial score (nSPS) is 9.20. The van der Waals surface area contributed by atoms with Crippen LogP contribution in [0.15, 0.2) is 24.4 Å². The molecule has 0 saturated heterocycles. The van der Waals surface area contributed by atoms with Gasteiger partial charge in [-0.15, -0.1) is 0 Å². The van der Waals surface area contributed by atoms with Crippen LogP contribution in [0.1, 0.15) is 5.69 Å². The van der Waals surface area contributed by atoms with Gasteiger partial charge in [0.05, 0.1) is 0 Å². The summed E-state index contributed by atoms with van der Waals surface area (Å²) in [4.78, 5) is 13.0. The third-order valence-electron chi connectivity index (χ3n) is 1.12. The second-order valence-corrected chi connectivity index (χ2v) is 1.96. The average molecular weight is 138 g/mol. The van der Waals surface area contributed by atoms with Crippen molar-refractivity contribution >= 4 is 5.97 Å². The summed E-state index contributed by atoms with van der Waals surface area (Å²) < 4.78 is 0. The lowest BCUT2D eigenvalue weighted by Crippen LogP contribution is -2.13. The van der Waals surface area contributed by atoms with Crippen LogP contribution in [0, 0.1) is 0 Å². The third-order valence-corrected chi connectivity index (χ3v) is 1.12. The second-order valence-electron chi connectivity index (χ2n) is 1.96. The Balaban J connectivity index is 2.67. The first-order valence-corrected chi connectivity index (χ1v) is 2.96. The molecule has 3 heteroatoms. The summed E-state index contributed by atoms with van der Waals surface area (Å²) in [5, 5.41) is 8.35.